The molecule has 0 radical (unpaired) electrons. The molecule has 0 aliphatic carbocycles. The van der Waals surface area contributed by atoms with Gasteiger partial charge in [-0.25, -0.2) is 9.59 Å². The summed E-state index contributed by atoms with van der Waals surface area (Å²) in [6, 6.07) is 5.57. The molecule has 0 fully saturated rings. The van der Waals surface area contributed by atoms with Crippen LogP contribution in [0.1, 0.15) is 15.9 Å². The summed E-state index contributed by atoms with van der Waals surface area (Å²) in [6.45, 7) is 1.63. The maximum atomic E-state index is 12.0. The molecule has 2 atom stereocenters. The fraction of sp³-hybridized carbons (Fsp3) is 0.250. The molecule has 0 aliphatic rings. The summed E-state index contributed by atoms with van der Waals surface area (Å²) >= 11 is 0. The van der Waals surface area contributed by atoms with Crippen LogP contribution in [-0.2, 0) is 9.59 Å². The smallest absolute Gasteiger partial charge is 0.347 e. The van der Waals surface area contributed by atoms with Crippen LogP contribution in [0.4, 0.5) is 0 Å². The summed E-state index contributed by atoms with van der Waals surface area (Å²) in [7, 11) is 0. The third kappa shape index (κ3) is 2.61. The fourth-order valence-corrected chi connectivity index (χ4v) is 1.52. The van der Waals surface area contributed by atoms with E-state index in [1.54, 1.807) is 13.0 Å². The zero-order valence-corrected chi connectivity index (χ0v) is 9.90. The lowest BCUT2D eigenvalue weighted by Crippen LogP contribution is -2.58. The van der Waals surface area contributed by atoms with Gasteiger partial charge in [-0.2, -0.15) is 0 Å². The minimum absolute atomic E-state index is 0.204. The number of aliphatic carboxylic acids is 2. The molecule has 1 rings (SSSR count). The molecule has 0 aliphatic heterocycles. The van der Waals surface area contributed by atoms with Crippen LogP contribution in [0.2, 0.25) is 0 Å². The Morgan fingerprint density at radius 1 is 1.21 bits per heavy atom. The van der Waals surface area contributed by atoms with Crippen molar-refractivity contribution >= 4 is 17.7 Å². The first-order chi connectivity index (χ1) is 8.71. The molecular formula is C12H12O7. The maximum Gasteiger partial charge on any atom is 0.347 e. The zero-order valence-electron chi connectivity index (χ0n) is 9.90. The highest BCUT2D eigenvalue weighted by atomic mass is 16.4. The number of hydrogen-bond acceptors (Lipinski definition) is 5. The van der Waals surface area contributed by atoms with Crippen LogP contribution in [0.25, 0.3) is 0 Å². The van der Waals surface area contributed by atoms with Gasteiger partial charge in [-0.3, -0.25) is 4.79 Å². The topological polar surface area (TPSA) is 132 Å². The first-order valence-electron chi connectivity index (χ1n) is 5.19. The number of aryl methyl sites for hydroxylation is 1. The van der Waals surface area contributed by atoms with Gasteiger partial charge in [-0.15, -0.1) is 0 Å². The van der Waals surface area contributed by atoms with Gasteiger partial charge < -0.3 is 20.4 Å². The molecule has 0 aromatic heterocycles. The van der Waals surface area contributed by atoms with E-state index in [1.165, 1.54) is 18.2 Å². The van der Waals surface area contributed by atoms with Crippen LogP contribution >= 0.6 is 0 Å². The molecule has 19 heavy (non-hydrogen) atoms. The van der Waals surface area contributed by atoms with Gasteiger partial charge in [0.1, 0.15) is 0 Å². The van der Waals surface area contributed by atoms with Gasteiger partial charge in [0.05, 0.1) is 0 Å². The molecule has 0 bridgehead atoms. The van der Waals surface area contributed by atoms with Crippen LogP contribution in [0.15, 0.2) is 24.3 Å². The molecule has 0 heterocycles. The second kappa shape index (κ2) is 5.17. The summed E-state index contributed by atoms with van der Waals surface area (Å²) in [6.07, 6.45) is -2.77. The van der Waals surface area contributed by atoms with Crippen molar-refractivity contribution < 1.29 is 34.8 Å². The Kier molecular flexibility index (Phi) is 4.03. The third-order valence-corrected chi connectivity index (χ3v) is 2.58. The van der Waals surface area contributed by atoms with Crippen LogP contribution < -0.4 is 0 Å². The second-order valence-corrected chi connectivity index (χ2v) is 4.01. The van der Waals surface area contributed by atoms with Gasteiger partial charge in [-0.1, -0.05) is 23.8 Å². The van der Waals surface area contributed by atoms with E-state index >= 15 is 0 Å². The molecule has 7 heteroatoms. The first kappa shape index (κ1) is 14.8. The SMILES string of the molecule is Cc1cccc(C(=O)[C@@](O)(C(=O)O)[C@H](O)C(=O)O)c1. The molecule has 7 nitrogen and oxygen atoms in total. The van der Waals surface area contributed by atoms with Crippen molar-refractivity contribution in [2.75, 3.05) is 0 Å². The van der Waals surface area contributed by atoms with Crippen molar-refractivity contribution in [3.8, 4) is 0 Å². The van der Waals surface area contributed by atoms with Crippen molar-refractivity contribution in [1.82, 2.24) is 0 Å². The number of carboxylic acids is 2. The highest BCUT2D eigenvalue weighted by Crippen LogP contribution is 2.20. The molecule has 0 spiro atoms. The third-order valence-electron chi connectivity index (χ3n) is 2.58. The lowest BCUT2D eigenvalue weighted by atomic mass is 9.87. The normalized spacial score (nSPS) is 15.3. The summed E-state index contributed by atoms with van der Waals surface area (Å²) < 4.78 is 0. The summed E-state index contributed by atoms with van der Waals surface area (Å²) in [5.41, 5.74) is -3.02. The Labute approximate surface area is 107 Å². The minimum atomic E-state index is -3.43. The number of aliphatic hydroxyl groups excluding tert-OH is 1. The van der Waals surface area contributed by atoms with E-state index in [-0.39, 0.29) is 5.56 Å². The van der Waals surface area contributed by atoms with E-state index < -0.39 is 29.4 Å². The van der Waals surface area contributed by atoms with Crippen LogP contribution in [0.5, 0.6) is 0 Å². The number of carboxylic acid groups (broad SMARTS) is 2. The number of Topliss-reactive ketones (excluding diaryl/α,β-unsaturated/α-hetero) is 1. The van der Waals surface area contributed by atoms with Crippen LogP contribution in [0, 0.1) is 6.92 Å². The molecular weight excluding hydrogens is 256 g/mol. The molecule has 0 saturated heterocycles. The van der Waals surface area contributed by atoms with Gasteiger partial charge in [-0.05, 0) is 13.0 Å². The number of carbonyl (C=O) groups is 3. The number of aliphatic hydroxyl groups is 2. The number of benzene rings is 1. The van der Waals surface area contributed by atoms with Gasteiger partial charge >= 0.3 is 11.9 Å². The maximum absolute atomic E-state index is 12.0. The standard InChI is InChI=1S/C12H12O7/c1-6-3-2-4-7(5-6)8(13)12(19,11(17)18)9(14)10(15)16/h2-5,9,14,19H,1H3,(H,15,16)(H,17,18)/t9-,12+/m1/s1. The molecule has 1 aromatic carbocycles. The lowest BCUT2D eigenvalue weighted by molar-refractivity contribution is -0.175. The number of carbonyl (C=O) groups excluding carboxylic acids is 1. The monoisotopic (exact) mass is 268 g/mol. The predicted octanol–water partition coefficient (Wildman–Crippen LogP) is -0.561. The zero-order chi connectivity index (χ0) is 14.8. The van der Waals surface area contributed by atoms with Gasteiger partial charge in [0.25, 0.3) is 5.60 Å². The largest absolute Gasteiger partial charge is 0.479 e. The predicted molar refractivity (Wildman–Crippen MR) is 61.7 cm³/mol. The molecule has 102 valence electrons. The van der Waals surface area contributed by atoms with Crippen LogP contribution in [-0.4, -0.2) is 49.9 Å². The number of rotatable bonds is 5. The van der Waals surface area contributed by atoms with Crippen molar-refractivity contribution in [2.24, 2.45) is 0 Å². The van der Waals surface area contributed by atoms with E-state index in [2.05, 4.69) is 0 Å². The summed E-state index contributed by atoms with van der Waals surface area (Å²) in [4.78, 5) is 33.6. The summed E-state index contributed by atoms with van der Waals surface area (Å²) in [5, 5.41) is 36.5. The highest BCUT2D eigenvalue weighted by Gasteiger charge is 2.54. The Morgan fingerprint density at radius 3 is 2.21 bits per heavy atom. The number of ketones is 1. The van der Waals surface area contributed by atoms with E-state index in [1.807, 2.05) is 0 Å². The highest BCUT2D eigenvalue weighted by molar-refractivity contribution is 6.17. The molecule has 0 saturated carbocycles. The Hall–Kier alpha value is -2.25. The van der Waals surface area contributed by atoms with Crippen molar-refractivity contribution in [2.45, 2.75) is 18.6 Å². The van der Waals surface area contributed by atoms with Crippen molar-refractivity contribution in [3.63, 3.8) is 0 Å². The van der Waals surface area contributed by atoms with Gasteiger partial charge in [0.15, 0.2) is 6.10 Å². The van der Waals surface area contributed by atoms with E-state index in [4.69, 9.17) is 10.2 Å². The van der Waals surface area contributed by atoms with E-state index in [9.17, 15) is 24.6 Å². The van der Waals surface area contributed by atoms with Crippen molar-refractivity contribution in [3.05, 3.63) is 35.4 Å². The average Bonchev–Trinajstić information content (AvgIpc) is 2.35. The Morgan fingerprint density at radius 2 is 1.79 bits per heavy atom. The molecule has 0 unspecified atom stereocenters. The minimum Gasteiger partial charge on any atom is -0.479 e. The number of hydrogen-bond donors (Lipinski definition) is 4. The van der Waals surface area contributed by atoms with Crippen molar-refractivity contribution in [1.29, 1.82) is 0 Å². The Bertz CT molecular complexity index is 537. The van der Waals surface area contributed by atoms with E-state index in [0.29, 0.717) is 5.56 Å². The molecule has 1 aromatic rings. The fourth-order valence-electron chi connectivity index (χ4n) is 1.52. The first-order valence-corrected chi connectivity index (χ1v) is 5.19. The quantitative estimate of drug-likeness (QED) is 0.415. The lowest BCUT2D eigenvalue weighted by Gasteiger charge is -2.24. The van der Waals surface area contributed by atoms with Crippen LogP contribution in [0.3, 0.4) is 0 Å². The molecule has 4 N–H and O–H groups in total. The second-order valence-electron chi connectivity index (χ2n) is 4.01. The average molecular weight is 268 g/mol. The van der Waals surface area contributed by atoms with Gasteiger partial charge in [0, 0.05) is 5.56 Å². The van der Waals surface area contributed by atoms with Gasteiger partial charge in [0.2, 0.25) is 5.78 Å². The Balaban J connectivity index is 3.31. The van der Waals surface area contributed by atoms with E-state index in [0.717, 1.165) is 0 Å². The molecule has 0 amide bonds. The summed E-state index contributed by atoms with van der Waals surface area (Å²) in [5.74, 6) is -5.53.